The first-order chi connectivity index (χ1) is 32.6. The molecular weight excluding hydrogens is 809 g/mol. The molecule has 1 aromatic carbocycles. The highest BCUT2D eigenvalue weighted by molar-refractivity contribution is 5.54. The first kappa shape index (κ1) is 62.6. The van der Waals surface area contributed by atoms with Crippen LogP contribution in [-0.4, -0.2) is 24.9 Å². The maximum atomic E-state index is 10.7. The van der Waals surface area contributed by atoms with E-state index in [1.165, 1.54) is 289 Å². The van der Waals surface area contributed by atoms with Crippen LogP contribution in [0.5, 0.6) is 17.2 Å². The lowest BCUT2D eigenvalue weighted by Crippen LogP contribution is -2.08. The van der Waals surface area contributed by atoms with Crippen molar-refractivity contribution in [3.63, 3.8) is 0 Å². The molecule has 1 atom stereocenters. The molecule has 0 bridgehead atoms. The Morgan fingerprint density at radius 2 is 0.470 bits per heavy atom. The Hall–Kier alpha value is -1.42. The fourth-order valence-electron chi connectivity index (χ4n) is 9.68. The molecule has 4 nitrogen and oxygen atoms in total. The zero-order valence-corrected chi connectivity index (χ0v) is 45.5. The van der Waals surface area contributed by atoms with Crippen molar-refractivity contribution in [3.05, 3.63) is 17.7 Å². The van der Waals surface area contributed by atoms with Gasteiger partial charge >= 0.3 is 0 Å². The molecule has 1 rings (SSSR count). The van der Waals surface area contributed by atoms with Gasteiger partial charge in [0.2, 0.25) is 5.75 Å². The van der Waals surface area contributed by atoms with Crippen LogP contribution < -0.4 is 14.2 Å². The standard InChI is InChI=1S/C62H118O4/c1-5-8-11-14-17-20-23-26-29-32-35-38-41-44-47-50-53-64-60-56-59(58(4)63)57-61(65-54-51-48-45-42-39-36-33-30-27-24-21-18-15-12-9-6-2)62(60)66-55-52-49-46-43-40-37-34-31-28-25-22-19-16-13-10-7-3/h56-58,63H,5-55H2,1-4H3. The van der Waals surface area contributed by atoms with Crippen LogP contribution in [0.15, 0.2) is 12.1 Å². The van der Waals surface area contributed by atoms with Crippen molar-refractivity contribution < 1.29 is 19.3 Å². The van der Waals surface area contributed by atoms with Gasteiger partial charge in [0.05, 0.1) is 25.9 Å². The third-order valence-electron chi connectivity index (χ3n) is 14.3. The fourth-order valence-corrected chi connectivity index (χ4v) is 9.68. The molecule has 1 aromatic rings. The second-order valence-corrected chi connectivity index (χ2v) is 21.0. The number of aliphatic hydroxyl groups excluding tert-OH is 1. The molecule has 0 saturated heterocycles. The van der Waals surface area contributed by atoms with Gasteiger partial charge in [0.1, 0.15) is 0 Å². The lowest BCUT2D eigenvalue weighted by atomic mass is 10.0. The van der Waals surface area contributed by atoms with Crippen molar-refractivity contribution in [2.24, 2.45) is 0 Å². The van der Waals surface area contributed by atoms with Gasteiger partial charge in [0.25, 0.3) is 0 Å². The molecule has 0 saturated carbocycles. The van der Waals surface area contributed by atoms with Crippen molar-refractivity contribution >= 4 is 0 Å². The third-order valence-corrected chi connectivity index (χ3v) is 14.3. The molecular formula is C62H118O4. The maximum absolute atomic E-state index is 10.7. The number of rotatable bonds is 55. The number of hydrogen-bond donors (Lipinski definition) is 1. The highest BCUT2D eigenvalue weighted by Gasteiger charge is 2.18. The second kappa shape index (κ2) is 51.4. The molecule has 0 radical (unpaired) electrons. The summed E-state index contributed by atoms with van der Waals surface area (Å²) in [6.45, 7) is 10.8. The van der Waals surface area contributed by atoms with Gasteiger partial charge in [-0.3, -0.25) is 0 Å². The molecule has 4 heteroatoms. The van der Waals surface area contributed by atoms with Crippen molar-refractivity contribution in [1.29, 1.82) is 0 Å². The Kier molecular flexibility index (Phi) is 48.8. The lowest BCUT2D eigenvalue weighted by Gasteiger charge is -2.20. The summed E-state index contributed by atoms with van der Waals surface area (Å²) in [6, 6.07) is 4.00. The van der Waals surface area contributed by atoms with Crippen LogP contribution in [0.1, 0.15) is 348 Å². The van der Waals surface area contributed by atoms with E-state index in [9.17, 15) is 5.11 Å². The summed E-state index contributed by atoms with van der Waals surface area (Å²) in [5.41, 5.74) is 0.841. The highest BCUT2D eigenvalue weighted by Crippen LogP contribution is 2.41. The van der Waals surface area contributed by atoms with E-state index in [0.29, 0.717) is 19.8 Å². The minimum Gasteiger partial charge on any atom is -0.490 e. The molecule has 1 N–H and O–H groups in total. The van der Waals surface area contributed by atoms with Crippen LogP contribution in [-0.2, 0) is 0 Å². The zero-order valence-electron chi connectivity index (χ0n) is 45.5. The molecule has 1 unspecified atom stereocenters. The van der Waals surface area contributed by atoms with Crippen LogP contribution >= 0.6 is 0 Å². The number of benzene rings is 1. The molecule has 0 aliphatic heterocycles. The van der Waals surface area contributed by atoms with E-state index >= 15 is 0 Å². The first-order valence-corrected chi connectivity index (χ1v) is 30.4. The van der Waals surface area contributed by atoms with Gasteiger partial charge in [0, 0.05) is 0 Å². The van der Waals surface area contributed by atoms with Crippen LogP contribution in [0, 0.1) is 0 Å². The Labute approximate surface area is 414 Å². The largest absolute Gasteiger partial charge is 0.490 e. The van der Waals surface area contributed by atoms with Gasteiger partial charge in [-0.05, 0) is 43.9 Å². The Balaban J connectivity index is 2.46. The molecule has 0 amide bonds. The predicted molar refractivity (Wildman–Crippen MR) is 292 cm³/mol. The van der Waals surface area contributed by atoms with Gasteiger partial charge in [-0.2, -0.15) is 0 Å². The topological polar surface area (TPSA) is 47.9 Å². The summed E-state index contributed by atoms with van der Waals surface area (Å²) in [5.74, 6) is 2.23. The van der Waals surface area contributed by atoms with Crippen molar-refractivity contribution in [3.8, 4) is 17.2 Å². The van der Waals surface area contributed by atoms with Crippen LogP contribution in [0.4, 0.5) is 0 Å². The molecule has 0 heterocycles. The van der Waals surface area contributed by atoms with Crippen molar-refractivity contribution in [2.45, 2.75) is 342 Å². The van der Waals surface area contributed by atoms with Crippen molar-refractivity contribution in [2.75, 3.05) is 19.8 Å². The smallest absolute Gasteiger partial charge is 0.203 e. The molecule has 0 spiro atoms. The zero-order chi connectivity index (χ0) is 47.5. The number of aliphatic hydroxyl groups is 1. The fraction of sp³-hybridized carbons (Fsp3) is 0.903. The number of hydrogen-bond acceptors (Lipinski definition) is 4. The van der Waals surface area contributed by atoms with E-state index < -0.39 is 6.10 Å². The summed E-state index contributed by atoms with van der Waals surface area (Å²) in [6.07, 6.45) is 64.9. The maximum Gasteiger partial charge on any atom is 0.203 e. The quantitative estimate of drug-likeness (QED) is 0.0661. The van der Waals surface area contributed by atoms with Crippen LogP contribution in [0.25, 0.3) is 0 Å². The Bertz CT molecular complexity index is 1030. The van der Waals surface area contributed by atoms with E-state index in [0.717, 1.165) is 42.1 Å². The summed E-state index contributed by atoms with van der Waals surface area (Å²) in [4.78, 5) is 0. The van der Waals surface area contributed by atoms with Crippen LogP contribution in [0.2, 0.25) is 0 Å². The number of unbranched alkanes of at least 4 members (excludes halogenated alkanes) is 45. The van der Waals surface area contributed by atoms with E-state index in [1.54, 1.807) is 0 Å². The highest BCUT2D eigenvalue weighted by atomic mass is 16.5. The normalized spacial score (nSPS) is 12.0. The average Bonchev–Trinajstić information content (AvgIpc) is 3.32. The van der Waals surface area contributed by atoms with E-state index in [-0.39, 0.29) is 0 Å². The summed E-state index contributed by atoms with van der Waals surface area (Å²) < 4.78 is 19.5. The summed E-state index contributed by atoms with van der Waals surface area (Å²) in [5, 5.41) is 10.7. The molecule has 66 heavy (non-hydrogen) atoms. The predicted octanol–water partition coefficient (Wildman–Crippen LogP) is 21.7. The van der Waals surface area contributed by atoms with Crippen molar-refractivity contribution in [1.82, 2.24) is 0 Å². The van der Waals surface area contributed by atoms with Gasteiger partial charge in [-0.15, -0.1) is 0 Å². The molecule has 390 valence electrons. The second-order valence-electron chi connectivity index (χ2n) is 21.0. The molecule has 0 aromatic heterocycles. The van der Waals surface area contributed by atoms with Crippen LogP contribution in [0.3, 0.4) is 0 Å². The third kappa shape index (κ3) is 41.5. The Morgan fingerprint density at radius 3 is 0.667 bits per heavy atom. The van der Waals surface area contributed by atoms with Gasteiger partial charge < -0.3 is 19.3 Å². The van der Waals surface area contributed by atoms with E-state index in [4.69, 9.17) is 14.2 Å². The number of ether oxygens (including phenoxy) is 3. The summed E-state index contributed by atoms with van der Waals surface area (Å²) in [7, 11) is 0. The summed E-state index contributed by atoms with van der Waals surface area (Å²) >= 11 is 0. The lowest BCUT2D eigenvalue weighted by molar-refractivity contribution is 0.195. The van der Waals surface area contributed by atoms with Gasteiger partial charge in [-0.1, -0.05) is 310 Å². The molecule has 0 fully saturated rings. The van der Waals surface area contributed by atoms with Gasteiger partial charge in [-0.25, -0.2) is 0 Å². The Morgan fingerprint density at radius 1 is 0.288 bits per heavy atom. The average molecular weight is 928 g/mol. The van der Waals surface area contributed by atoms with E-state index in [2.05, 4.69) is 20.8 Å². The molecule has 0 aliphatic carbocycles. The minimum absolute atomic E-state index is 0.588. The first-order valence-electron chi connectivity index (χ1n) is 30.4. The molecule has 0 aliphatic rings. The SMILES string of the molecule is CCCCCCCCCCCCCCCCCCOc1cc(C(C)O)cc(OCCCCCCCCCCCCCCCCCC)c1OCCCCCCCCCCCCCCCCCC. The monoisotopic (exact) mass is 927 g/mol. The van der Waals surface area contributed by atoms with Gasteiger partial charge in [0.15, 0.2) is 11.5 Å². The van der Waals surface area contributed by atoms with E-state index in [1.807, 2.05) is 19.1 Å². The minimum atomic E-state index is -0.588.